The Morgan fingerprint density at radius 1 is 1.33 bits per heavy atom. The van der Waals surface area contributed by atoms with Crippen LogP contribution in [0.1, 0.15) is 47.0 Å². The largest absolute Gasteiger partial charge is 0.362 e. The second kappa shape index (κ2) is 5.57. The molecule has 0 bridgehead atoms. The second-order valence-corrected chi connectivity index (χ2v) is 7.27. The first-order valence-corrected chi connectivity index (χ1v) is 7.88. The molecule has 5 atom stereocenters. The van der Waals surface area contributed by atoms with E-state index in [9.17, 15) is 4.79 Å². The van der Waals surface area contributed by atoms with Gasteiger partial charge in [-0.25, -0.2) is 0 Å². The van der Waals surface area contributed by atoms with Crippen molar-refractivity contribution in [2.75, 3.05) is 0 Å². The lowest BCUT2D eigenvalue weighted by atomic mass is 9.60. The van der Waals surface area contributed by atoms with Crippen LogP contribution in [0, 0.1) is 17.3 Å². The van der Waals surface area contributed by atoms with E-state index in [1.165, 1.54) is 5.57 Å². The number of rotatable bonds is 5. The van der Waals surface area contributed by atoms with Gasteiger partial charge in [0.1, 0.15) is 6.10 Å². The Balaban J connectivity index is 2.09. The number of epoxide rings is 1. The lowest BCUT2D eigenvalue weighted by molar-refractivity contribution is -0.112. The molecule has 1 saturated carbocycles. The molecule has 0 N–H and O–H groups in total. The van der Waals surface area contributed by atoms with E-state index in [0.717, 1.165) is 19.3 Å². The van der Waals surface area contributed by atoms with Gasteiger partial charge in [-0.2, -0.15) is 0 Å². The molecular weight excluding hydrogens is 260 g/mol. The van der Waals surface area contributed by atoms with Crippen LogP contribution in [0.5, 0.6) is 0 Å². The summed E-state index contributed by atoms with van der Waals surface area (Å²) in [5, 5.41) is 0. The molecule has 2 heteroatoms. The summed E-state index contributed by atoms with van der Waals surface area (Å²) in [5.41, 5.74) is 1.28. The minimum atomic E-state index is -0.109. The zero-order valence-electron chi connectivity index (χ0n) is 13.8. The topological polar surface area (TPSA) is 29.6 Å². The molecule has 0 spiro atoms. The third-order valence-electron chi connectivity index (χ3n) is 5.61. The summed E-state index contributed by atoms with van der Waals surface area (Å²) in [7, 11) is 0. The van der Waals surface area contributed by atoms with Gasteiger partial charge in [-0.1, -0.05) is 25.2 Å². The molecule has 2 aliphatic rings. The summed E-state index contributed by atoms with van der Waals surface area (Å²) in [6.07, 6.45) is 9.10. The minimum Gasteiger partial charge on any atom is -0.362 e. The van der Waals surface area contributed by atoms with E-state index in [2.05, 4.69) is 40.0 Å². The Morgan fingerprint density at radius 2 is 2.00 bits per heavy atom. The SMILES string of the molecule is C=C[C@@]1(C)CC[C@H](C2(C)OC2/C=C/C(C)=O)CC1C(=C)C. The van der Waals surface area contributed by atoms with Gasteiger partial charge in [0, 0.05) is 0 Å². The minimum absolute atomic E-state index is 0.0792. The highest BCUT2D eigenvalue weighted by atomic mass is 16.6. The average Bonchev–Trinajstić information content (AvgIpc) is 3.08. The summed E-state index contributed by atoms with van der Waals surface area (Å²) in [6.45, 7) is 16.4. The van der Waals surface area contributed by atoms with Crippen LogP contribution in [0.3, 0.4) is 0 Å². The Hall–Kier alpha value is -1.15. The number of hydrogen-bond donors (Lipinski definition) is 0. The van der Waals surface area contributed by atoms with Gasteiger partial charge < -0.3 is 4.74 Å². The fourth-order valence-electron chi connectivity index (χ4n) is 3.88. The van der Waals surface area contributed by atoms with Crippen molar-refractivity contribution >= 4 is 5.78 Å². The highest BCUT2D eigenvalue weighted by Crippen LogP contribution is 2.55. The molecule has 2 rings (SSSR count). The molecule has 1 aliphatic carbocycles. The number of carbonyl (C=O) groups excluding carboxylic acids is 1. The van der Waals surface area contributed by atoms with Gasteiger partial charge in [0.2, 0.25) is 0 Å². The van der Waals surface area contributed by atoms with E-state index >= 15 is 0 Å². The normalized spacial score (nSPS) is 42.8. The number of carbonyl (C=O) groups is 1. The first-order chi connectivity index (χ1) is 9.73. The van der Waals surface area contributed by atoms with Crippen molar-refractivity contribution in [2.45, 2.75) is 58.7 Å². The van der Waals surface area contributed by atoms with Gasteiger partial charge >= 0.3 is 0 Å². The van der Waals surface area contributed by atoms with Crippen molar-refractivity contribution in [1.82, 2.24) is 0 Å². The van der Waals surface area contributed by atoms with E-state index in [-0.39, 0.29) is 22.9 Å². The van der Waals surface area contributed by atoms with E-state index < -0.39 is 0 Å². The number of hydrogen-bond acceptors (Lipinski definition) is 2. The van der Waals surface area contributed by atoms with Crippen molar-refractivity contribution in [3.8, 4) is 0 Å². The van der Waals surface area contributed by atoms with Crippen LogP contribution in [0.2, 0.25) is 0 Å². The standard InChI is InChI=1S/C19H28O2/c1-7-18(5)11-10-15(12-16(18)13(2)3)19(6)17(21-19)9-8-14(4)20/h7-9,15-17H,1-2,10-12H2,3-6H3/b9-8+/t15-,16?,17?,18-,19?/m0/s1. The van der Waals surface area contributed by atoms with Crippen LogP contribution < -0.4 is 0 Å². The maximum absolute atomic E-state index is 11.1. The highest BCUT2D eigenvalue weighted by molar-refractivity contribution is 5.87. The van der Waals surface area contributed by atoms with Crippen LogP contribution in [0.4, 0.5) is 0 Å². The highest BCUT2D eigenvalue weighted by Gasteiger charge is 2.58. The second-order valence-electron chi connectivity index (χ2n) is 7.27. The quantitative estimate of drug-likeness (QED) is 0.424. The van der Waals surface area contributed by atoms with Gasteiger partial charge in [-0.15, -0.1) is 6.58 Å². The summed E-state index contributed by atoms with van der Waals surface area (Å²) in [5.74, 6) is 1.07. The lowest BCUT2D eigenvalue weighted by Gasteiger charge is -2.44. The molecule has 3 unspecified atom stereocenters. The predicted molar refractivity (Wildman–Crippen MR) is 87.0 cm³/mol. The Morgan fingerprint density at radius 3 is 2.52 bits per heavy atom. The molecule has 1 saturated heterocycles. The van der Waals surface area contributed by atoms with E-state index in [1.807, 2.05) is 6.08 Å². The number of ketones is 1. The fraction of sp³-hybridized carbons (Fsp3) is 0.632. The third kappa shape index (κ3) is 3.06. The van der Waals surface area contributed by atoms with Crippen LogP contribution >= 0.6 is 0 Å². The summed E-state index contributed by atoms with van der Waals surface area (Å²) in [6, 6.07) is 0. The Bertz CT molecular complexity index is 490. The molecule has 116 valence electrons. The van der Waals surface area contributed by atoms with Crippen LogP contribution in [-0.2, 0) is 9.53 Å². The molecule has 0 aromatic heterocycles. The van der Waals surface area contributed by atoms with Gasteiger partial charge in [-0.05, 0) is 69.4 Å². The monoisotopic (exact) mass is 288 g/mol. The van der Waals surface area contributed by atoms with E-state index in [0.29, 0.717) is 11.8 Å². The molecule has 2 fully saturated rings. The molecule has 0 amide bonds. The molecule has 2 nitrogen and oxygen atoms in total. The summed E-state index contributed by atoms with van der Waals surface area (Å²) in [4.78, 5) is 11.1. The van der Waals surface area contributed by atoms with Crippen LogP contribution in [-0.4, -0.2) is 17.5 Å². The van der Waals surface area contributed by atoms with Crippen molar-refractivity contribution in [2.24, 2.45) is 17.3 Å². The fourth-order valence-corrected chi connectivity index (χ4v) is 3.88. The predicted octanol–water partition coefficient (Wildman–Crippen LogP) is 4.47. The lowest BCUT2D eigenvalue weighted by Crippen LogP contribution is -2.38. The Kier molecular flexibility index (Phi) is 4.30. The van der Waals surface area contributed by atoms with Crippen LogP contribution in [0.25, 0.3) is 0 Å². The Labute approximate surface area is 129 Å². The molecule has 1 aliphatic heterocycles. The van der Waals surface area contributed by atoms with Gasteiger partial charge in [0.05, 0.1) is 5.60 Å². The van der Waals surface area contributed by atoms with Crippen molar-refractivity contribution < 1.29 is 9.53 Å². The first kappa shape index (κ1) is 16.2. The molecular formula is C19H28O2. The zero-order chi connectivity index (χ0) is 15.8. The van der Waals surface area contributed by atoms with Gasteiger partial charge in [0.15, 0.2) is 5.78 Å². The average molecular weight is 288 g/mol. The zero-order valence-corrected chi connectivity index (χ0v) is 13.8. The van der Waals surface area contributed by atoms with E-state index in [4.69, 9.17) is 4.74 Å². The smallest absolute Gasteiger partial charge is 0.152 e. The van der Waals surface area contributed by atoms with Crippen molar-refractivity contribution in [3.05, 3.63) is 37.0 Å². The first-order valence-electron chi connectivity index (χ1n) is 7.88. The molecule has 0 aromatic carbocycles. The third-order valence-corrected chi connectivity index (χ3v) is 5.61. The maximum Gasteiger partial charge on any atom is 0.152 e. The van der Waals surface area contributed by atoms with E-state index in [1.54, 1.807) is 13.0 Å². The summed E-state index contributed by atoms with van der Waals surface area (Å²) >= 11 is 0. The van der Waals surface area contributed by atoms with Crippen molar-refractivity contribution in [3.63, 3.8) is 0 Å². The molecule has 21 heavy (non-hydrogen) atoms. The molecule has 1 heterocycles. The summed E-state index contributed by atoms with van der Waals surface area (Å²) < 4.78 is 5.93. The molecule has 0 radical (unpaired) electrons. The number of ether oxygens (including phenoxy) is 1. The van der Waals surface area contributed by atoms with Gasteiger partial charge in [-0.3, -0.25) is 4.79 Å². The van der Waals surface area contributed by atoms with Crippen molar-refractivity contribution in [1.29, 1.82) is 0 Å². The van der Waals surface area contributed by atoms with Crippen LogP contribution in [0.15, 0.2) is 37.0 Å². The van der Waals surface area contributed by atoms with Gasteiger partial charge in [0.25, 0.3) is 0 Å². The number of allylic oxidation sites excluding steroid dienone is 3. The molecule has 0 aromatic rings. The maximum atomic E-state index is 11.1.